The third-order valence-electron chi connectivity index (χ3n) is 1.26. The van der Waals surface area contributed by atoms with E-state index in [1.54, 1.807) is 18.5 Å². The summed E-state index contributed by atoms with van der Waals surface area (Å²) in [7, 11) is 0. The van der Waals surface area contributed by atoms with Gasteiger partial charge in [0.15, 0.2) is 0 Å². The van der Waals surface area contributed by atoms with Gasteiger partial charge in [-0.05, 0) is 6.07 Å². The van der Waals surface area contributed by atoms with Crippen molar-refractivity contribution in [3.63, 3.8) is 0 Å². The van der Waals surface area contributed by atoms with Gasteiger partial charge in [-0.15, -0.1) is 0 Å². The first kappa shape index (κ1) is 9.11. The largest absolute Gasteiger partial charge is 0.325 e. The molecule has 13 heavy (non-hydrogen) atoms. The Bertz CT molecular complexity index is 323. The number of aromatic nitrogens is 2. The van der Waals surface area contributed by atoms with Crippen LogP contribution in [-0.4, -0.2) is 14.9 Å². The summed E-state index contributed by atoms with van der Waals surface area (Å²) in [5.41, 5.74) is 0.00690. The van der Waals surface area contributed by atoms with E-state index >= 15 is 0 Å². The average molecular weight is 180 g/mol. The number of nitro groups is 1. The molecule has 0 aromatic carbocycles. The van der Waals surface area contributed by atoms with Crippen LogP contribution in [0.5, 0.6) is 0 Å². The molecule has 1 aromatic rings. The van der Waals surface area contributed by atoms with Gasteiger partial charge in [-0.25, -0.2) is 9.97 Å². The van der Waals surface area contributed by atoms with Gasteiger partial charge in [0.1, 0.15) is 0 Å². The Morgan fingerprint density at radius 1 is 1.62 bits per heavy atom. The van der Waals surface area contributed by atoms with Crippen molar-refractivity contribution in [1.82, 2.24) is 9.97 Å². The van der Waals surface area contributed by atoms with Crippen LogP contribution in [0.15, 0.2) is 30.4 Å². The zero-order valence-corrected chi connectivity index (χ0v) is 6.97. The molecule has 0 bridgehead atoms. The molecule has 1 rings (SSSR count). The Morgan fingerprint density at radius 2 is 2.23 bits per heavy atom. The summed E-state index contributed by atoms with van der Waals surface area (Å²) in [5, 5.41) is 12.8. The van der Waals surface area contributed by atoms with Crippen LogP contribution in [0.25, 0.3) is 0 Å². The van der Waals surface area contributed by atoms with Crippen LogP contribution in [0.2, 0.25) is 0 Å². The maximum Gasteiger partial charge on any atom is 0.259 e. The van der Waals surface area contributed by atoms with Crippen molar-refractivity contribution in [3.05, 3.63) is 40.5 Å². The lowest BCUT2D eigenvalue weighted by atomic mass is 10.5. The minimum Gasteiger partial charge on any atom is -0.325 e. The molecule has 0 amide bonds. The monoisotopic (exact) mass is 180 g/mol. The van der Waals surface area contributed by atoms with Gasteiger partial charge >= 0.3 is 0 Å². The SMILES string of the molecule is CC(=CNc1ncccn1)[N+](=O)[O-]. The molecule has 0 fully saturated rings. The quantitative estimate of drug-likeness (QED) is 0.554. The number of rotatable bonds is 3. The maximum absolute atomic E-state index is 10.2. The molecule has 6 heteroatoms. The zero-order valence-electron chi connectivity index (χ0n) is 6.97. The third-order valence-corrected chi connectivity index (χ3v) is 1.26. The molecule has 1 heterocycles. The molecular formula is C7H8N4O2. The van der Waals surface area contributed by atoms with Crippen LogP contribution in [0.1, 0.15) is 6.92 Å². The van der Waals surface area contributed by atoms with E-state index in [2.05, 4.69) is 15.3 Å². The van der Waals surface area contributed by atoms with Crippen LogP contribution < -0.4 is 5.32 Å². The van der Waals surface area contributed by atoms with E-state index in [-0.39, 0.29) is 5.70 Å². The van der Waals surface area contributed by atoms with Crippen LogP contribution >= 0.6 is 0 Å². The van der Waals surface area contributed by atoms with Crippen molar-refractivity contribution in [2.75, 3.05) is 5.32 Å². The fourth-order valence-electron chi connectivity index (χ4n) is 0.595. The van der Waals surface area contributed by atoms with Crippen molar-refractivity contribution >= 4 is 5.95 Å². The van der Waals surface area contributed by atoms with Gasteiger partial charge in [-0.3, -0.25) is 10.1 Å². The Morgan fingerprint density at radius 3 is 2.77 bits per heavy atom. The number of hydrogen-bond acceptors (Lipinski definition) is 5. The summed E-state index contributed by atoms with van der Waals surface area (Å²) >= 11 is 0. The van der Waals surface area contributed by atoms with Crippen molar-refractivity contribution in [2.24, 2.45) is 0 Å². The fraction of sp³-hybridized carbons (Fsp3) is 0.143. The van der Waals surface area contributed by atoms with Crippen molar-refractivity contribution in [1.29, 1.82) is 0 Å². The number of allylic oxidation sites excluding steroid dienone is 1. The number of hydrogen-bond donors (Lipinski definition) is 1. The van der Waals surface area contributed by atoms with Gasteiger partial charge in [-0.1, -0.05) is 0 Å². The van der Waals surface area contributed by atoms with Crippen molar-refractivity contribution < 1.29 is 4.92 Å². The molecule has 0 saturated carbocycles. The molecule has 0 atom stereocenters. The molecule has 68 valence electrons. The van der Waals surface area contributed by atoms with Crippen molar-refractivity contribution in [2.45, 2.75) is 6.92 Å². The highest BCUT2D eigenvalue weighted by Gasteiger charge is 2.00. The highest BCUT2D eigenvalue weighted by atomic mass is 16.6. The van der Waals surface area contributed by atoms with E-state index in [4.69, 9.17) is 0 Å². The summed E-state index contributed by atoms with van der Waals surface area (Å²) in [6.07, 6.45) is 4.34. The second-order valence-corrected chi connectivity index (χ2v) is 2.26. The fourth-order valence-corrected chi connectivity index (χ4v) is 0.595. The highest BCUT2D eigenvalue weighted by molar-refractivity contribution is 5.27. The van der Waals surface area contributed by atoms with E-state index in [9.17, 15) is 10.1 Å². The molecule has 1 aromatic heterocycles. The normalized spacial score (nSPS) is 11.0. The minimum absolute atomic E-state index is 0.00690. The van der Waals surface area contributed by atoms with Gasteiger partial charge in [0.25, 0.3) is 5.70 Å². The molecule has 0 unspecified atom stereocenters. The Hall–Kier alpha value is -1.98. The molecule has 6 nitrogen and oxygen atoms in total. The van der Waals surface area contributed by atoms with Gasteiger partial charge in [0, 0.05) is 19.3 Å². The second kappa shape index (κ2) is 4.15. The first-order valence-corrected chi connectivity index (χ1v) is 3.55. The summed E-state index contributed by atoms with van der Waals surface area (Å²) in [5.74, 6) is 0.337. The van der Waals surface area contributed by atoms with Crippen LogP contribution in [0.4, 0.5) is 5.95 Å². The van der Waals surface area contributed by atoms with Gasteiger partial charge in [-0.2, -0.15) is 0 Å². The molecule has 0 aliphatic rings. The lowest BCUT2D eigenvalue weighted by Crippen LogP contribution is -2.00. The molecule has 0 radical (unpaired) electrons. The van der Waals surface area contributed by atoms with Crippen LogP contribution in [0.3, 0.4) is 0 Å². The van der Waals surface area contributed by atoms with E-state index in [1.807, 2.05) is 0 Å². The minimum atomic E-state index is -0.490. The molecule has 1 N–H and O–H groups in total. The molecule has 0 aliphatic carbocycles. The van der Waals surface area contributed by atoms with Crippen LogP contribution in [-0.2, 0) is 0 Å². The van der Waals surface area contributed by atoms with Crippen molar-refractivity contribution in [3.8, 4) is 0 Å². The predicted molar refractivity (Wildman–Crippen MR) is 46.4 cm³/mol. The topological polar surface area (TPSA) is 81.0 Å². The summed E-state index contributed by atoms with van der Waals surface area (Å²) in [6.45, 7) is 1.38. The third kappa shape index (κ3) is 2.86. The number of anilines is 1. The standard InChI is InChI=1S/C7H8N4O2/c1-6(11(12)13)5-10-7-8-3-2-4-9-7/h2-5H,1H3,(H,8,9,10). The maximum atomic E-state index is 10.2. The predicted octanol–water partition coefficient (Wildman–Crippen LogP) is 1.03. The first-order valence-electron chi connectivity index (χ1n) is 3.55. The zero-order chi connectivity index (χ0) is 9.68. The molecule has 0 aliphatic heterocycles. The Labute approximate surface area is 74.5 Å². The highest BCUT2D eigenvalue weighted by Crippen LogP contribution is 1.97. The lowest BCUT2D eigenvalue weighted by molar-refractivity contribution is -0.424. The van der Waals surface area contributed by atoms with E-state index in [1.165, 1.54) is 13.1 Å². The summed E-state index contributed by atoms with van der Waals surface area (Å²) in [4.78, 5) is 17.3. The lowest BCUT2D eigenvalue weighted by Gasteiger charge is -1.95. The smallest absolute Gasteiger partial charge is 0.259 e. The first-order chi connectivity index (χ1) is 6.20. The molecular weight excluding hydrogens is 172 g/mol. The van der Waals surface area contributed by atoms with Gasteiger partial charge in [0.05, 0.1) is 11.1 Å². The number of nitrogens with one attached hydrogen (secondary N) is 1. The second-order valence-electron chi connectivity index (χ2n) is 2.26. The van der Waals surface area contributed by atoms with E-state index in [0.29, 0.717) is 5.95 Å². The molecule has 0 saturated heterocycles. The van der Waals surface area contributed by atoms with E-state index in [0.717, 1.165) is 0 Å². The number of nitrogens with zero attached hydrogens (tertiary/aromatic N) is 3. The van der Waals surface area contributed by atoms with Crippen LogP contribution in [0, 0.1) is 10.1 Å². The Kier molecular flexibility index (Phi) is 2.91. The average Bonchev–Trinajstić information content (AvgIpc) is 2.15. The van der Waals surface area contributed by atoms with E-state index < -0.39 is 4.92 Å². The Balaban J connectivity index is 2.62. The van der Waals surface area contributed by atoms with Gasteiger partial charge < -0.3 is 5.32 Å². The summed E-state index contributed by atoms with van der Waals surface area (Å²) < 4.78 is 0. The summed E-state index contributed by atoms with van der Waals surface area (Å²) in [6, 6.07) is 1.66. The molecule has 0 spiro atoms. The van der Waals surface area contributed by atoms with Gasteiger partial charge in [0.2, 0.25) is 5.95 Å².